The molecule has 2 rings (SSSR count). The first-order valence-electron chi connectivity index (χ1n) is 10.9. The van der Waals surface area contributed by atoms with Crippen molar-refractivity contribution in [2.75, 3.05) is 13.1 Å². The average molecular weight is 448 g/mol. The molecule has 0 bridgehead atoms. The number of hydrogen-bond acceptors (Lipinski definition) is 6. The molecule has 1 atom stereocenters. The number of ether oxygens (including phenoxy) is 1. The van der Waals surface area contributed by atoms with Crippen molar-refractivity contribution in [3.8, 4) is 0 Å². The maximum Gasteiger partial charge on any atom is 0.407 e. The fourth-order valence-electron chi connectivity index (χ4n) is 3.00. The van der Waals surface area contributed by atoms with E-state index in [0.29, 0.717) is 31.0 Å². The van der Waals surface area contributed by atoms with E-state index in [1.807, 2.05) is 13.8 Å². The summed E-state index contributed by atoms with van der Waals surface area (Å²) in [5.74, 6) is -1.33. The van der Waals surface area contributed by atoms with Crippen LogP contribution >= 0.6 is 0 Å². The molecule has 32 heavy (non-hydrogen) atoms. The summed E-state index contributed by atoms with van der Waals surface area (Å²) in [6, 6.07) is 6.43. The van der Waals surface area contributed by atoms with Gasteiger partial charge in [0.1, 0.15) is 5.60 Å². The second-order valence-electron chi connectivity index (χ2n) is 9.11. The van der Waals surface area contributed by atoms with Crippen molar-refractivity contribution in [1.82, 2.24) is 15.7 Å². The summed E-state index contributed by atoms with van der Waals surface area (Å²) in [7, 11) is 0. The van der Waals surface area contributed by atoms with Crippen LogP contribution in [0.2, 0.25) is 0 Å². The first kappa shape index (κ1) is 25.3. The van der Waals surface area contributed by atoms with Crippen molar-refractivity contribution in [1.29, 1.82) is 0 Å². The maximum atomic E-state index is 12.7. The van der Waals surface area contributed by atoms with Gasteiger partial charge in [-0.05, 0) is 58.1 Å². The number of unbranched alkanes of at least 4 members (excludes halogenated alkanes) is 1. The lowest BCUT2D eigenvalue weighted by molar-refractivity contribution is -0.161. The third-order valence-corrected chi connectivity index (χ3v) is 4.53. The number of carbonyl (C=O) groups is 4. The molecule has 0 aliphatic carbocycles. The highest BCUT2D eigenvalue weighted by molar-refractivity contribution is 6.20. The number of benzene rings is 1. The van der Waals surface area contributed by atoms with Crippen LogP contribution in [0.1, 0.15) is 74.6 Å². The third kappa shape index (κ3) is 7.33. The van der Waals surface area contributed by atoms with Crippen molar-refractivity contribution < 1.29 is 28.8 Å². The van der Waals surface area contributed by atoms with E-state index in [1.54, 1.807) is 45.0 Å². The Labute approximate surface area is 188 Å². The first-order chi connectivity index (χ1) is 15.0. The Morgan fingerprint density at radius 1 is 1.00 bits per heavy atom. The molecule has 0 radical (unpaired) electrons. The number of imide groups is 1. The van der Waals surface area contributed by atoms with Gasteiger partial charge < -0.3 is 15.4 Å². The Morgan fingerprint density at radius 2 is 1.59 bits per heavy atom. The third-order valence-electron chi connectivity index (χ3n) is 4.53. The Kier molecular flexibility index (Phi) is 8.77. The van der Waals surface area contributed by atoms with E-state index < -0.39 is 35.5 Å². The molecule has 176 valence electrons. The molecule has 1 aromatic carbocycles. The molecule has 0 fully saturated rings. The smallest absolute Gasteiger partial charge is 0.407 e. The number of alkyl carbamates (subject to hydrolysis) is 1. The van der Waals surface area contributed by atoms with Gasteiger partial charge in [0.15, 0.2) is 6.10 Å². The van der Waals surface area contributed by atoms with E-state index in [-0.39, 0.29) is 23.5 Å². The van der Waals surface area contributed by atoms with Gasteiger partial charge in [-0.25, -0.2) is 9.63 Å². The van der Waals surface area contributed by atoms with Gasteiger partial charge in [-0.15, -0.1) is 5.06 Å². The molecule has 9 nitrogen and oxygen atoms in total. The van der Waals surface area contributed by atoms with Gasteiger partial charge >= 0.3 is 6.09 Å². The fraction of sp³-hybridized carbons (Fsp3) is 0.565. The molecule has 9 heteroatoms. The van der Waals surface area contributed by atoms with E-state index in [4.69, 9.17) is 9.57 Å². The van der Waals surface area contributed by atoms with Crippen LogP contribution in [0.25, 0.3) is 0 Å². The van der Waals surface area contributed by atoms with E-state index in [9.17, 15) is 19.2 Å². The lowest BCUT2D eigenvalue weighted by atomic mass is 10.1. The number of nitrogens with one attached hydrogen (secondary N) is 2. The van der Waals surface area contributed by atoms with Gasteiger partial charge in [0, 0.05) is 13.1 Å². The van der Waals surface area contributed by atoms with Gasteiger partial charge in [0.05, 0.1) is 11.1 Å². The van der Waals surface area contributed by atoms with E-state index >= 15 is 0 Å². The van der Waals surface area contributed by atoms with Crippen LogP contribution < -0.4 is 10.6 Å². The number of nitrogens with zero attached hydrogens (tertiary/aromatic N) is 1. The van der Waals surface area contributed by atoms with Crippen molar-refractivity contribution in [3.05, 3.63) is 35.4 Å². The summed E-state index contributed by atoms with van der Waals surface area (Å²) in [6.07, 6.45) is -0.159. The molecule has 1 aromatic rings. The summed E-state index contributed by atoms with van der Waals surface area (Å²) < 4.78 is 5.18. The molecule has 2 N–H and O–H groups in total. The molecular weight excluding hydrogens is 414 g/mol. The van der Waals surface area contributed by atoms with Gasteiger partial charge in [-0.2, -0.15) is 0 Å². The monoisotopic (exact) mass is 447 g/mol. The number of rotatable bonds is 10. The second-order valence-corrected chi connectivity index (χ2v) is 9.11. The zero-order chi connectivity index (χ0) is 23.9. The Balaban J connectivity index is 1.94. The average Bonchev–Trinajstić information content (AvgIpc) is 2.94. The van der Waals surface area contributed by atoms with Crippen LogP contribution in [0.4, 0.5) is 4.79 Å². The van der Waals surface area contributed by atoms with Crippen LogP contribution in [-0.2, 0) is 14.4 Å². The Bertz CT molecular complexity index is 811. The van der Waals surface area contributed by atoms with Crippen molar-refractivity contribution in [3.63, 3.8) is 0 Å². The quantitative estimate of drug-likeness (QED) is 0.421. The number of hydroxylamine groups is 2. The predicted molar refractivity (Wildman–Crippen MR) is 118 cm³/mol. The molecule has 1 aliphatic heterocycles. The summed E-state index contributed by atoms with van der Waals surface area (Å²) >= 11 is 0. The normalized spacial score (nSPS) is 14.4. The van der Waals surface area contributed by atoms with Crippen molar-refractivity contribution in [2.24, 2.45) is 5.92 Å². The minimum atomic E-state index is -1.02. The van der Waals surface area contributed by atoms with Crippen LogP contribution in [0.5, 0.6) is 0 Å². The van der Waals surface area contributed by atoms with E-state index in [1.165, 1.54) is 0 Å². The van der Waals surface area contributed by atoms with Gasteiger partial charge in [0.2, 0.25) is 0 Å². The fourth-order valence-corrected chi connectivity index (χ4v) is 3.00. The van der Waals surface area contributed by atoms with E-state index in [0.717, 1.165) is 0 Å². The molecule has 0 aromatic heterocycles. The molecule has 0 saturated carbocycles. The highest BCUT2D eigenvalue weighted by Crippen LogP contribution is 2.24. The standard InChI is InChI=1S/C23H33N3O6/c1-15(2)14-25-19(27)18(12-8-9-13-24-22(30)31-23(3,4)5)32-26-20(28)16-10-6-7-11-17(16)21(26)29/h6-7,10-11,15,18H,8-9,12-14H2,1-5H3,(H,24,30)(H,25,27)/t18-/m1/s1. The lowest BCUT2D eigenvalue weighted by Crippen LogP contribution is -2.44. The van der Waals surface area contributed by atoms with Crippen LogP contribution in [0.3, 0.4) is 0 Å². The molecule has 1 heterocycles. The highest BCUT2D eigenvalue weighted by Gasteiger charge is 2.39. The van der Waals surface area contributed by atoms with Crippen LogP contribution in [0.15, 0.2) is 24.3 Å². The lowest BCUT2D eigenvalue weighted by Gasteiger charge is -2.22. The summed E-state index contributed by atoms with van der Waals surface area (Å²) in [5, 5.41) is 6.12. The zero-order valence-corrected chi connectivity index (χ0v) is 19.4. The number of carbonyl (C=O) groups excluding carboxylic acids is 4. The number of fused-ring (bicyclic) bond motifs is 1. The Hall–Kier alpha value is -2.94. The molecule has 4 amide bonds. The molecule has 0 saturated heterocycles. The molecular formula is C23H33N3O6. The number of hydrogen-bond donors (Lipinski definition) is 2. The summed E-state index contributed by atoms with van der Waals surface area (Å²) in [6.45, 7) is 10.1. The summed E-state index contributed by atoms with van der Waals surface area (Å²) in [5.41, 5.74) is -0.0787. The van der Waals surface area contributed by atoms with Crippen LogP contribution in [0, 0.1) is 5.92 Å². The minimum absolute atomic E-state index is 0.233. The highest BCUT2D eigenvalue weighted by atomic mass is 16.7. The van der Waals surface area contributed by atoms with Gasteiger partial charge in [0.25, 0.3) is 17.7 Å². The van der Waals surface area contributed by atoms with Crippen molar-refractivity contribution >= 4 is 23.8 Å². The van der Waals surface area contributed by atoms with Gasteiger partial charge in [-0.3, -0.25) is 14.4 Å². The maximum absolute atomic E-state index is 12.7. The molecule has 0 unspecified atom stereocenters. The zero-order valence-electron chi connectivity index (χ0n) is 19.4. The molecule has 1 aliphatic rings. The number of amides is 4. The predicted octanol–water partition coefficient (Wildman–Crippen LogP) is 3.05. The first-order valence-corrected chi connectivity index (χ1v) is 10.9. The minimum Gasteiger partial charge on any atom is -0.444 e. The Morgan fingerprint density at radius 3 is 2.12 bits per heavy atom. The van der Waals surface area contributed by atoms with Gasteiger partial charge in [-0.1, -0.05) is 26.0 Å². The largest absolute Gasteiger partial charge is 0.444 e. The molecule has 0 spiro atoms. The van der Waals surface area contributed by atoms with Crippen LogP contribution in [-0.4, -0.2) is 53.7 Å². The summed E-state index contributed by atoms with van der Waals surface area (Å²) in [4.78, 5) is 55.2. The van der Waals surface area contributed by atoms with Crippen molar-refractivity contribution in [2.45, 2.75) is 65.6 Å². The second kappa shape index (κ2) is 11.1. The topological polar surface area (TPSA) is 114 Å². The van der Waals surface area contributed by atoms with E-state index in [2.05, 4.69) is 10.6 Å². The SMILES string of the molecule is CC(C)CNC(=O)[C@@H](CCCCNC(=O)OC(C)(C)C)ON1C(=O)c2ccccc2C1=O.